The van der Waals surface area contributed by atoms with E-state index in [0.29, 0.717) is 5.56 Å². The normalized spacial score (nSPS) is 16.6. The molecule has 0 aliphatic carbocycles. The standard InChI is InChI=1S/C21H21NO4/c1-14-3-7-16(8-4-14)19(23)13-26-21(25)17-11-20(24)22(12-17)18-9-5-15(2)6-10-18/h3-10,17H,11-13H2,1-2H3/t17-/m0/s1. The lowest BCUT2D eigenvalue weighted by molar-refractivity contribution is -0.147. The van der Waals surface area contributed by atoms with Gasteiger partial charge in [0, 0.05) is 24.2 Å². The summed E-state index contributed by atoms with van der Waals surface area (Å²) in [5, 5.41) is 0. The van der Waals surface area contributed by atoms with Gasteiger partial charge in [-0.05, 0) is 26.0 Å². The largest absolute Gasteiger partial charge is 0.457 e. The average molecular weight is 351 g/mol. The van der Waals surface area contributed by atoms with Crippen LogP contribution in [0.2, 0.25) is 0 Å². The van der Waals surface area contributed by atoms with Gasteiger partial charge >= 0.3 is 5.97 Å². The molecule has 1 saturated heterocycles. The molecule has 1 atom stereocenters. The number of hydrogen-bond acceptors (Lipinski definition) is 4. The molecule has 2 aromatic rings. The number of anilines is 1. The van der Waals surface area contributed by atoms with E-state index in [1.165, 1.54) is 0 Å². The third kappa shape index (κ3) is 3.99. The molecule has 1 heterocycles. The molecule has 1 amide bonds. The zero-order chi connectivity index (χ0) is 18.7. The number of carbonyl (C=O) groups excluding carboxylic acids is 3. The molecule has 0 bridgehead atoms. The van der Waals surface area contributed by atoms with Crippen molar-refractivity contribution in [3.05, 3.63) is 65.2 Å². The summed E-state index contributed by atoms with van der Waals surface area (Å²) in [4.78, 5) is 38.2. The topological polar surface area (TPSA) is 63.7 Å². The van der Waals surface area contributed by atoms with Gasteiger partial charge < -0.3 is 9.64 Å². The first-order valence-corrected chi connectivity index (χ1v) is 8.57. The highest BCUT2D eigenvalue weighted by Gasteiger charge is 2.36. The van der Waals surface area contributed by atoms with Crippen LogP contribution >= 0.6 is 0 Å². The number of rotatable bonds is 5. The number of carbonyl (C=O) groups is 3. The third-order valence-corrected chi connectivity index (χ3v) is 4.52. The first-order chi connectivity index (χ1) is 12.4. The highest BCUT2D eigenvalue weighted by molar-refractivity contribution is 6.01. The van der Waals surface area contributed by atoms with Crippen molar-refractivity contribution >= 4 is 23.3 Å². The summed E-state index contributed by atoms with van der Waals surface area (Å²) in [5.74, 6) is -1.42. The molecule has 134 valence electrons. The first kappa shape index (κ1) is 17.9. The van der Waals surface area contributed by atoms with Gasteiger partial charge in [0.15, 0.2) is 12.4 Å². The summed E-state index contributed by atoms with van der Waals surface area (Å²) < 4.78 is 5.16. The maximum absolute atomic E-state index is 12.3. The summed E-state index contributed by atoms with van der Waals surface area (Å²) in [5.41, 5.74) is 3.43. The van der Waals surface area contributed by atoms with Crippen LogP contribution in [0.5, 0.6) is 0 Å². The van der Waals surface area contributed by atoms with Gasteiger partial charge in [-0.25, -0.2) is 0 Å². The molecule has 0 radical (unpaired) electrons. The quantitative estimate of drug-likeness (QED) is 0.613. The fraction of sp³-hybridized carbons (Fsp3) is 0.286. The smallest absolute Gasteiger partial charge is 0.311 e. The molecule has 2 aromatic carbocycles. The zero-order valence-corrected chi connectivity index (χ0v) is 14.9. The van der Waals surface area contributed by atoms with Crippen molar-refractivity contribution < 1.29 is 19.1 Å². The van der Waals surface area contributed by atoms with Crippen LogP contribution in [-0.4, -0.2) is 30.8 Å². The zero-order valence-electron chi connectivity index (χ0n) is 14.9. The minimum atomic E-state index is -0.547. The van der Waals surface area contributed by atoms with Gasteiger partial charge in [0.25, 0.3) is 0 Å². The number of amides is 1. The second kappa shape index (κ2) is 7.52. The Hall–Kier alpha value is -2.95. The Bertz CT molecular complexity index is 824. The van der Waals surface area contributed by atoms with Crippen LogP contribution in [0.15, 0.2) is 48.5 Å². The van der Waals surface area contributed by atoms with Crippen LogP contribution in [0.3, 0.4) is 0 Å². The summed E-state index contributed by atoms with van der Waals surface area (Å²) >= 11 is 0. The maximum atomic E-state index is 12.3. The van der Waals surface area contributed by atoms with Gasteiger partial charge in [0.2, 0.25) is 5.91 Å². The van der Waals surface area contributed by atoms with Crippen molar-refractivity contribution in [3.8, 4) is 0 Å². The second-order valence-electron chi connectivity index (χ2n) is 6.64. The second-order valence-corrected chi connectivity index (χ2v) is 6.64. The molecule has 0 saturated carbocycles. The minimum Gasteiger partial charge on any atom is -0.457 e. The molecule has 26 heavy (non-hydrogen) atoms. The van der Waals surface area contributed by atoms with E-state index in [1.807, 2.05) is 50.2 Å². The Kier molecular flexibility index (Phi) is 5.16. The van der Waals surface area contributed by atoms with E-state index in [4.69, 9.17) is 4.74 Å². The average Bonchev–Trinajstić information content (AvgIpc) is 3.02. The number of benzene rings is 2. The molecule has 1 aliphatic rings. The van der Waals surface area contributed by atoms with E-state index >= 15 is 0 Å². The lowest BCUT2D eigenvalue weighted by atomic mass is 10.1. The number of hydrogen-bond donors (Lipinski definition) is 0. The lowest BCUT2D eigenvalue weighted by Crippen LogP contribution is -2.27. The van der Waals surface area contributed by atoms with Crippen LogP contribution in [-0.2, 0) is 14.3 Å². The summed E-state index contributed by atoms with van der Waals surface area (Å²) in [6.45, 7) is 3.88. The van der Waals surface area contributed by atoms with Crippen molar-refractivity contribution in [2.75, 3.05) is 18.1 Å². The van der Waals surface area contributed by atoms with Crippen molar-refractivity contribution in [3.63, 3.8) is 0 Å². The fourth-order valence-electron chi connectivity index (χ4n) is 2.92. The fourth-order valence-corrected chi connectivity index (χ4v) is 2.92. The SMILES string of the molecule is Cc1ccc(C(=O)COC(=O)[C@H]2CC(=O)N(c3ccc(C)cc3)C2)cc1. The van der Waals surface area contributed by atoms with E-state index in [9.17, 15) is 14.4 Å². The molecule has 1 fully saturated rings. The van der Waals surface area contributed by atoms with E-state index in [2.05, 4.69) is 0 Å². The van der Waals surface area contributed by atoms with Crippen molar-refractivity contribution in [2.45, 2.75) is 20.3 Å². The Balaban J connectivity index is 1.57. The highest BCUT2D eigenvalue weighted by atomic mass is 16.5. The van der Waals surface area contributed by atoms with Crippen LogP contribution in [0.25, 0.3) is 0 Å². The van der Waals surface area contributed by atoms with E-state index in [-0.39, 0.29) is 31.3 Å². The molecule has 0 aromatic heterocycles. The lowest BCUT2D eigenvalue weighted by Gasteiger charge is -2.16. The molecular weight excluding hydrogens is 330 g/mol. The number of ketones is 1. The third-order valence-electron chi connectivity index (χ3n) is 4.52. The summed E-state index contributed by atoms with van der Waals surface area (Å²) in [6, 6.07) is 14.7. The number of aryl methyl sites for hydroxylation is 2. The number of nitrogens with zero attached hydrogens (tertiary/aromatic N) is 1. The number of ether oxygens (including phenoxy) is 1. The van der Waals surface area contributed by atoms with Crippen LogP contribution in [0.4, 0.5) is 5.69 Å². The monoisotopic (exact) mass is 351 g/mol. The molecule has 0 unspecified atom stereocenters. The minimum absolute atomic E-state index is 0.103. The Morgan fingerprint density at radius 2 is 1.58 bits per heavy atom. The van der Waals surface area contributed by atoms with Crippen LogP contribution < -0.4 is 4.90 Å². The number of esters is 1. The van der Waals surface area contributed by atoms with Crippen LogP contribution in [0.1, 0.15) is 27.9 Å². The van der Waals surface area contributed by atoms with Crippen molar-refractivity contribution in [1.29, 1.82) is 0 Å². The van der Waals surface area contributed by atoms with Crippen molar-refractivity contribution in [1.82, 2.24) is 0 Å². The summed E-state index contributed by atoms with van der Waals surface area (Å²) in [6.07, 6.45) is 0.103. The van der Waals surface area contributed by atoms with E-state index in [0.717, 1.165) is 16.8 Å². The predicted molar refractivity (Wildman–Crippen MR) is 98.1 cm³/mol. The first-order valence-electron chi connectivity index (χ1n) is 8.57. The van der Waals surface area contributed by atoms with Gasteiger partial charge in [-0.2, -0.15) is 0 Å². The van der Waals surface area contributed by atoms with E-state index in [1.54, 1.807) is 17.0 Å². The molecule has 0 spiro atoms. The van der Waals surface area contributed by atoms with Gasteiger partial charge in [0.05, 0.1) is 5.92 Å². The van der Waals surface area contributed by atoms with Crippen molar-refractivity contribution in [2.24, 2.45) is 5.92 Å². The van der Waals surface area contributed by atoms with Crippen LogP contribution in [0, 0.1) is 19.8 Å². The molecular formula is C21H21NO4. The highest BCUT2D eigenvalue weighted by Crippen LogP contribution is 2.26. The van der Waals surface area contributed by atoms with E-state index < -0.39 is 11.9 Å². The van der Waals surface area contributed by atoms with Gasteiger partial charge in [0.1, 0.15) is 0 Å². The Morgan fingerprint density at radius 3 is 2.19 bits per heavy atom. The predicted octanol–water partition coefficient (Wildman–Crippen LogP) is 3.08. The molecule has 1 aliphatic heterocycles. The molecule has 5 nitrogen and oxygen atoms in total. The molecule has 5 heteroatoms. The molecule has 0 N–H and O–H groups in total. The maximum Gasteiger partial charge on any atom is 0.311 e. The Labute approximate surface area is 152 Å². The molecule has 3 rings (SSSR count). The number of Topliss-reactive ketones (excluding diaryl/α,β-unsaturated/α-hetero) is 1. The van der Waals surface area contributed by atoms with Gasteiger partial charge in [-0.15, -0.1) is 0 Å². The van der Waals surface area contributed by atoms with Gasteiger partial charge in [-0.3, -0.25) is 14.4 Å². The Morgan fingerprint density at radius 1 is 1.00 bits per heavy atom. The summed E-state index contributed by atoms with van der Waals surface area (Å²) in [7, 11) is 0. The van der Waals surface area contributed by atoms with Gasteiger partial charge in [-0.1, -0.05) is 47.5 Å².